The SMILES string of the molecule is CCCCn1c(=O)nc2n(Cc3ccc(Cl)nc3)cccc-2c1=O. The van der Waals surface area contributed by atoms with Crippen molar-refractivity contribution in [1.82, 2.24) is 19.1 Å². The minimum Gasteiger partial charge on any atom is -0.328 e. The number of aromatic nitrogens is 4. The summed E-state index contributed by atoms with van der Waals surface area (Å²) in [4.78, 5) is 33.0. The molecule has 0 N–H and O–H groups in total. The van der Waals surface area contributed by atoms with Gasteiger partial charge in [0.05, 0.1) is 12.1 Å². The van der Waals surface area contributed by atoms with Crippen LogP contribution in [0.15, 0.2) is 46.2 Å². The first-order valence-electron chi connectivity index (χ1n) is 7.80. The van der Waals surface area contributed by atoms with Gasteiger partial charge in [-0.2, -0.15) is 4.98 Å². The summed E-state index contributed by atoms with van der Waals surface area (Å²) in [5, 5.41) is 0.417. The summed E-state index contributed by atoms with van der Waals surface area (Å²) in [5.41, 5.74) is 0.550. The topological polar surface area (TPSA) is 69.8 Å². The highest BCUT2D eigenvalue weighted by molar-refractivity contribution is 6.29. The Labute approximate surface area is 143 Å². The van der Waals surface area contributed by atoms with Gasteiger partial charge in [-0.25, -0.2) is 9.78 Å². The van der Waals surface area contributed by atoms with Gasteiger partial charge in [-0.15, -0.1) is 0 Å². The fourth-order valence-electron chi connectivity index (χ4n) is 2.56. The van der Waals surface area contributed by atoms with Crippen LogP contribution in [-0.2, 0) is 13.1 Å². The van der Waals surface area contributed by atoms with Crippen LogP contribution in [0.4, 0.5) is 0 Å². The second kappa shape index (κ2) is 6.97. The first-order chi connectivity index (χ1) is 11.6. The highest BCUT2D eigenvalue weighted by atomic mass is 35.5. The smallest absolute Gasteiger partial charge is 0.328 e. The van der Waals surface area contributed by atoms with Crippen molar-refractivity contribution in [2.75, 3.05) is 0 Å². The van der Waals surface area contributed by atoms with Gasteiger partial charge >= 0.3 is 5.69 Å². The molecule has 0 radical (unpaired) electrons. The van der Waals surface area contributed by atoms with Crippen LogP contribution in [-0.4, -0.2) is 19.1 Å². The van der Waals surface area contributed by atoms with Crippen LogP contribution in [0.5, 0.6) is 0 Å². The maximum Gasteiger partial charge on any atom is 0.352 e. The Hall–Kier alpha value is -2.47. The number of hydrogen-bond donors (Lipinski definition) is 0. The molecular weight excluding hydrogens is 328 g/mol. The fraction of sp³-hybridized carbons (Fsp3) is 0.294. The van der Waals surface area contributed by atoms with Gasteiger partial charge in [0.1, 0.15) is 5.15 Å². The van der Waals surface area contributed by atoms with Crippen molar-refractivity contribution in [3.63, 3.8) is 0 Å². The zero-order valence-electron chi connectivity index (χ0n) is 13.3. The molecule has 3 rings (SSSR count). The summed E-state index contributed by atoms with van der Waals surface area (Å²) in [5.74, 6) is 0.384. The van der Waals surface area contributed by atoms with Gasteiger partial charge < -0.3 is 4.57 Å². The maximum atomic E-state index is 12.6. The fourth-order valence-corrected chi connectivity index (χ4v) is 2.67. The summed E-state index contributed by atoms with van der Waals surface area (Å²) in [6.07, 6.45) is 5.13. The summed E-state index contributed by atoms with van der Waals surface area (Å²) >= 11 is 5.79. The van der Waals surface area contributed by atoms with Gasteiger partial charge in [0, 0.05) is 18.9 Å². The number of hydrogen-bond acceptors (Lipinski definition) is 4. The number of nitrogens with zero attached hydrogens (tertiary/aromatic N) is 4. The van der Waals surface area contributed by atoms with Crippen LogP contribution in [0.1, 0.15) is 25.3 Å². The van der Waals surface area contributed by atoms with Crippen molar-refractivity contribution in [2.24, 2.45) is 0 Å². The number of unbranched alkanes of at least 4 members (excludes halogenated alkanes) is 1. The molecule has 1 aromatic rings. The molecule has 0 bridgehead atoms. The van der Waals surface area contributed by atoms with Gasteiger partial charge in [-0.1, -0.05) is 31.0 Å². The van der Waals surface area contributed by atoms with E-state index in [-0.39, 0.29) is 5.56 Å². The van der Waals surface area contributed by atoms with E-state index in [1.165, 1.54) is 4.57 Å². The summed E-state index contributed by atoms with van der Waals surface area (Å²) in [6, 6.07) is 7.03. The molecule has 124 valence electrons. The van der Waals surface area contributed by atoms with Crippen LogP contribution >= 0.6 is 11.6 Å². The molecule has 0 unspecified atom stereocenters. The number of pyridine rings is 2. The molecule has 2 aliphatic rings. The van der Waals surface area contributed by atoms with E-state index in [1.807, 2.05) is 13.0 Å². The van der Waals surface area contributed by atoms with Gasteiger partial charge in [0.2, 0.25) is 0 Å². The van der Waals surface area contributed by atoms with Gasteiger partial charge in [-0.05, 0) is 30.2 Å². The highest BCUT2D eigenvalue weighted by Gasteiger charge is 2.16. The van der Waals surface area contributed by atoms with Crippen molar-refractivity contribution >= 4 is 11.6 Å². The molecule has 0 aliphatic carbocycles. The van der Waals surface area contributed by atoms with E-state index in [1.54, 1.807) is 35.2 Å². The van der Waals surface area contributed by atoms with Crippen molar-refractivity contribution in [2.45, 2.75) is 32.9 Å². The van der Waals surface area contributed by atoms with Crippen molar-refractivity contribution in [3.8, 4) is 11.4 Å². The lowest BCUT2D eigenvalue weighted by Gasteiger charge is -2.15. The monoisotopic (exact) mass is 344 g/mol. The third kappa shape index (κ3) is 3.23. The molecule has 0 fully saturated rings. The minimum absolute atomic E-state index is 0.290. The lowest BCUT2D eigenvalue weighted by Crippen LogP contribution is -2.38. The van der Waals surface area contributed by atoms with E-state index in [9.17, 15) is 9.59 Å². The standard InChI is InChI=1S/C17H17ClN4O2/c1-2-3-9-22-16(23)13-5-4-8-21(15(13)20-17(22)24)11-12-6-7-14(18)19-10-12/h4-8,10H,2-3,9,11H2,1H3. The number of fused-ring (bicyclic) bond motifs is 1. The molecule has 6 nitrogen and oxygen atoms in total. The Morgan fingerprint density at radius 2 is 2.04 bits per heavy atom. The lowest BCUT2D eigenvalue weighted by atomic mass is 10.2. The van der Waals surface area contributed by atoms with Crippen LogP contribution in [0.25, 0.3) is 11.4 Å². The molecule has 0 saturated carbocycles. The summed E-state index contributed by atoms with van der Waals surface area (Å²) < 4.78 is 2.98. The molecule has 0 amide bonds. The van der Waals surface area contributed by atoms with Crippen LogP contribution in [0.3, 0.4) is 0 Å². The zero-order chi connectivity index (χ0) is 17.1. The largest absolute Gasteiger partial charge is 0.352 e. The minimum atomic E-state index is -0.505. The molecule has 0 atom stereocenters. The molecule has 0 aromatic carbocycles. The van der Waals surface area contributed by atoms with E-state index >= 15 is 0 Å². The molecule has 0 spiro atoms. The Kier molecular flexibility index (Phi) is 4.76. The normalized spacial score (nSPS) is 11.1. The summed E-state index contributed by atoms with van der Waals surface area (Å²) in [6.45, 7) is 2.86. The average Bonchev–Trinajstić information content (AvgIpc) is 2.57. The molecule has 3 heterocycles. The maximum absolute atomic E-state index is 12.6. The molecule has 24 heavy (non-hydrogen) atoms. The van der Waals surface area contributed by atoms with Crippen molar-refractivity contribution < 1.29 is 0 Å². The number of rotatable bonds is 5. The molecule has 2 aliphatic heterocycles. The first kappa shape index (κ1) is 16.4. The Balaban J connectivity index is 2.06. The molecule has 7 heteroatoms. The second-order valence-electron chi connectivity index (χ2n) is 5.57. The van der Waals surface area contributed by atoms with Gasteiger partial charge in [0.25, 0.3) is 5.56 Å². The Morgan fingerprint density at radius 3 is 2.75 bits per heavy atom. The van der Waals surface area contributed by atoms with Crippen LogP contribution in [0, 0.1) is 0 Å². The zero-order valence-corrected chi connectivity index (χ0v) is 14.0. The third-order valence-corrected chi connectivity index (χ3v) is 4.05. The van der Waals surface area contributed by atoms with E-state index in [4.69, 9.17) is 11.6 Å². The second-order valence-corrected chi connectivity index (χ2v) is 5.95. The summed E-state index contributed by atoms with van der Waals surface area (Å²) in [7, 11) is 0. The van der Waals surface area contributed by atoms with E-state index in [2.05, 4.69) is 9.97 Å². The van der Waals surface area contributed by atoms with Gasteiger partial charge in [0.15, 0.2) is 5.82 Å². The molecule has 1 aromatic heterocycles. The quantitative estimate of drug-likeness (QED) is 0.666. The first-order valence-corrected chi connectivity index (χ1v) is 8.18. The molecular formula is C17H17ClN4O2. The lowest BCUT2D eigenvalue weighted by molar-refractivity contribution is 0.579. The third-order valence-electron chi connectivity index (χ3n) is 3.83. The average molecular weight is 345 g/mol. The Bertz CT molecular complexity index is 931. The predicted octanol–water partition coefficient (Wildman–Crippen LogP) is 2.41. The molecule has 0 saturated heterocycles. The number of halogens is 1. The van der Waals surface area contributed by atoms with Crippen LogP contribution < -0.4 is 11.2 Å². The van der Waals surface area contributed by atoms with Crippen LogP contribution in [0.2, 0.25) is 5.15 Å². The van der Waals surface area contributed by atoms with E-state index < -0.39 is 5.69 Å². The Morgan fingerprint density at radius 1 is 1.21 bits per heavy atom. The van der Waals surface area contributed by atoms with Crippen molar-refractivity contribution in [3.05, 3.63) is 68.2 Å². The van der Waals surface area contributed by atoms with E-state index in [0.29, 0.717) is 29.6 Å². The highest BCUT2D eigenvalue weighted by Crippen LogP contribution is 2.15. The van der Waals surface area contributed by atoms with Gasteiger partial charge in [-0.3, -0.25) is 9.36 Å². The van der Waals surface area contributed by atoms with E-state index in [0.717, 1.165) is 18.4 Å². The van der Waals surface area contributed by atoms with Crippen molar-refractivity contribution in [1.29, 1.82) is 0 Å². The predicted molar refractivity (Wildman–Crippen MR) is 92.6 cm³/mol.